The maximum absolute atomic E-state index is 6.10. The van der Waals surface area contributed by atoms with Gasteiger partial charge in [-0.05, 0) is 91.3 Å². The van der Waals surface area contributed by atoms with Crippen LogP contribution in [0.4, 0.5) is 0 Å². The van der Waals surface area contributed by atoms with Crippen LogP contribution >= 0.6 is 0 Å². The Morgan fingerprint density at radius 1 is 0.421 bits per heavy atom. The predicted molar refractivity (Wildman–Crippen MR) is 222 cm³/mol. The summed E-state index contributed by atoms with van der Waals surface area (Å²) < 4.78 is 45.4. The summed E-state index contributed by atoms with van der Waals surface area (Å²) >= 11 is 0. The highest BCUT2D eigenvalue weighted by molar-refractivity contribution is 5.92. The fraction of sp³-hybridized carbons (Fsp3) is 0.347. The Labute approximate surface area is 334 Å². The Hall–Kier alpha value is -4.80. The molecule has 0 spiro atoms. The molecule has 9 rings (SSSR count). The fourth-order valence-electron chi connectivity index (χ4n) is 8.26. The van der Waals surface area contributed by atoms with Crippen LogP contribution in [0.1, 0.15) is 22.3 Å². The van der Waals surface area contributed by atoms with E-state index in [1.54, 1.807) is 0 Å². The van der Waals surface area contributed by atoms with Gasteiger partial charge < -0.3 is 37.9 Å². The first-order valence-corrected chi connectivity index (χ1v) is 20.3. The first-order chi connectivity index (χ1) is 28.3. The minimum atomic E-state index is -0.515. The summed E-state index contributed by atoms with van der Waals surface area (Å²) in [6, 6.07) is 44.2. The van der Waals surface area contributed by atoms with Crippen molar-refractivity contribution in [3.63, 3.8) is 0 Å². The second-order valence-corrected chi connectivity index (χ2v) is 15.2. The maximum Gasteiger partial charge on any atom is 0.120 e. The number of benzene rings is 6. The van der Waals surface area contributed by atoms with Gasteiger partial charge in [0, 0.05) is 11.8 Å². The van der Waals surface area contributed by atoms with E-state index in [1.165, 1.54) is 33.4 Å². The third kappa shape index (κ3) is 8.17. The van der Waals surface area contributed by atoms with Gasteiger partial charge in [0.15, 0.2) is 0 Å². The van der Waals surface area contributed by atoms with E-state index in [9.17, 15) is 0 Å². The maximum atomic E-state index is 6.10. The largest absolute Gasteiger partial charge is 0.491 e. The van der Waals surface area contributed by atoms with Gasteiger partial charge in [-0.3, -0.25) is 0 Å². The number of ether oxygens (including phenoxy) is 8. The molecule has 6 aromatic carbocycles. The monoisotopic (exact) mass is 766 g/mol. The molecule has 0 saturated carbocycles. The van der Waals surface area contributed by atoms with Crippen LogP contribution in [0.3, 0.4) is 0 Å². The topological polar surface area (TPSA) is 73.8 Å². The number of hydrogen-bond donors (Lipinski definition) is 0. The molecule has 0 radical (unpaired) electrons. The van der Waals surface area contributed by atoms with E-state index in [2.05, 4.69) is 121 Å². The zero-order chi connectivity index (χ0) is 38.3. The van der Waals surface area contributed by atoms with E-state index >= 15 is 0 Å². The standard InChI is InChI=1S/C49H50O8/c1-3-7-47-45(5-1)46-6-2-4-8-48(46)49(47,41-13-9-39-27-43(15-11-37(39)25-41)56-23-21-50-17-19-52-29-35-31-54-32-35)42-14-10-40-28-44(16-12-38(40)26-42)57-24-22-51-18-20-53-30-36-33-55-34-36/h1-16,25-28,35-36H,17-24,29-34H2. The summed E-state index contributed by atoms with van der Waals surface area (Å²) in [7, 11) is 0. The van der Waals surface area contributed by atoms with Crippen LogP contribution in [0, 0.1) is 11.8 Å². The van der Waals surface area contributed by atoms with Gasteiger partial charge in [0.05, 0.1) is 84.7 Å². The average molecular weight is 767 g/mol. The zero-order valence-corrected chi connectivity index (χ0v) is 32.4. The first kappa shape index (κ1) is 37.8. The van der Waals surface area contributed by atoms with Gasteiger partial charge in [0.1, 0.15) is 24.7 Å². The number of fused-ring (bicyclic) bond motifs is 5. The minimum Gasteiger partial charge on any atom is -0.491 e. The molecule has 8 heteroatoms. The highest BCUT2D eigenvalue weighted by Crippen LogP contribution is 2.56. The molecule has 0 N–H and O–H groups in total. The Bertz CT molecular complexity index is 2120. The minimum absolute atomic E-state index is 0.480. The highest BCUT2D eigenvalue weighted by Gasteiger charge is 2.46. The Morgan fingerprint density at radius 3 is 1.28 bits per heavy atom. The molecule has 2 saturated heterocycles. The summed E-state index contributed by atoms with van der Waals surface area (Å²) in [6.07, 6.45) is 0. The molecule has 2 heterocycles. The molecule has 0 bridgehead atoms. The summed E-state index contributed by atoms with van der Waals surface area (Å²) in [5.41, 5.74) is 7.05. The number of hydrogen-bond acceptors (Lipinski definition) is 8. The van der Waals surface area contributed by atoms with Crippen molar-refractivity contribution in [1.29, 1.82) is 0 Å². The predicted octanol–water partition coefficient (Wildman–Crippen LogP) is 8.47. The van der Waals surface area contributed by atoms with E-state index < -0.39 is 5.41 Å². The summed E-state index contributed by atoms with van der Waals surface area (Å²) in [4.78, 5) is 0. The molecular weight excluding hydrogens is 717 g/mol. The van der Waals surface area contributed by atoms with Crippen LogP contribution in [0.2, 0.25) is 0 Å². The van der Waals surface area contributed by atoms with Crippen LogP contribution in [0.5, 0.6) is 11.5 Å². The molecule has 57 heavy (non-hydrogen) atoms. The highest BCUT2D eigenvalue weighted by atomic mass is 16.6. The van der Waals surface area contributed by atoms with Gasteiger partial charge in [-0.25, -0.2) is 0 Å². The first-order valence-electron chi connectivity index (χ1n) is 20.3. The molecule has 8 nitrogen and oxygen atoms in total. The third-order valence-corrected chi connectivity index (χ3v) is 11.3. The van der Waals surface area contributed by atoms with Gasteiger partial charge in [-0.1, -0.05) is 84.9 Å². The molecule has 0 unspecified atom stereocenters. The van der Waals surface area contributed by atoms with Gasteiger partial charge in [0.2, 0.25) is 0 Å². The molecule has 2 aliphatic heterocycles. The lowest BCUT2D eigenvalue weighted by Crippen LogP contribution is -2.32. The second-order valence-electron chi connectivity index (χ2n) is 15.2. The molecule has 0 amide bonds. The Kier molecular flexibility index (Phi) is 11.8. The summed E-state index contributed by atoms with van der Waals surface area (Å²) in [5.74, 6) is 2.73. The van der Waals surface area contributed by atoms with E-state index in [0.29, 0.717) is 64.7 Å². The van der Waals surface area contributed by atoms with Crippen molar-refractivity contribution in [2.24, 2.45) is 11.8 Å². The van der Waals surface area contributed by atoms with Crippen molar-refractivity contribution in [2.75, 3.05) is 92.5 Å². The molecule has 2 fully saturated rings. The summed E-state index contributed by atoms with van der Waals surface area (Å²) in [5, 5.41) is 4.58. The van der Waals surface area contributed by atoms with Crippen molar-refractivity contribution in [3.8, 4) is 22.6 Å². The Balaban J connectivity index is 0.917. The number of rotatable bonds is 20. The SMILES string of the molecule is c1ccc2c(c1)-c1ccccc1C2(c1ccc2cc(OCCOCCOCC3COC3)ccc2c1)c1ccc2cc(OCCOCCOCC3COC3)ccc2c1. The van der Waals surface area contributed by atoms with Crippen molar-refractivity contribution < 1.29 is 37.9 Å². The molecule has 6 aromatic rings. The van der Waals surface area contributed by atoms with Gasteiger partial charge in [0.25, 0.3) is 0 Å². The van der Waals surface area contributed by atoms with Gasteiger partial charge in [-0.15, -0.1) is 0 Å². The lowest BCUT2D eigenvalue weighted by molar-refractivity contribution is -0.0779. The normalized spacial score (nSPS) is 15.9. The van der Waals surface area contributed by atoms with Crippen molar-refractivity contribution in [2.45, 2.75) is 5.41 Å². The van der Waals surface area contributed by atoms with E-state index in [4.69, 9.17) is 37.9 Å². The van der Waals surface area contributed by atoms with Crippen molar-refractivity contribution in [3.05, 3.63) is 144 Å². The van der Waals surface area contributed by atoms with Crippen molar-refractivity contribution in [1.82, 2.24) is 0 Å². The van der Waals surface area contributed by atoms with Gasteiger partial charge in [-0.2, -0.15) is 0 Å². The zero-order valence-electron chi connectivity index (χ0n) is 32.4. The van der Waals surface area contributed by atoms with E-state index in [0.717, 1.165) is 72.7 Å². The second kappa shape index (κ2) is 17.8. The molecule has 294 valence electrons. The van der Waals surface area contributed by atoms with Crippen LogP contribution < -0.4 is 9.47 Å². The quantitative estimate of drug-likeness (QED) is 0.0716. The van der Waals surface area contributed by atoms with Crippen LogP contribution in [-0.4, -0.2) is 92.5 Å². The lowest BCUT2D eigenvalue weighted by Gasteiger charge is -2.34. The van der Waals surface area contributed by atoms with Crippen LogP contribution in [-0.2, 0) is 33.8 Å². The Morgan fingerprint density at radius 2 is 0.825 bits per heavy atom. The van der Waals surface area contributed by atoms with Gasteiger partial charge >= 0.3 is 0 Å². The van der Waals surface area contributed by atoms with E-state index in [1.807, 2.05) is 0 Å². The smallest absolute Gasteiger partial charge is 0.120 e. The molecular formula is C49H50O8. The van der Waals surface area contributed by atoms with Crippen molar-refractivity contribution >= 4 is 21.5 Å². The lowest BCUT2D eigenvalue weighted by atomic mass is 9.67. The fourth-order valence-corrected chi connectivity index (χ4v) is 8.26. The third-order valence-electron chi connectivity index (χ3n) is 11.3. The molecule has 1 aliphatic carbocycles. The molecule has 0 aromatic heterocycles. The average Bonchev–Trinajstić information content (AvgIpc) is 3.52. The molecule has 3 aliphatic rings. The molecule has 0 atom stereocenters. The van der Waals surface area contributed by atoms with Crippen LogP contribution in [0.25, 0.3) is 32.7 Å². The van der Waals surface area contributed by atoms with Crippen LogP contribution in [0.15, 0.2) is 121 Å². The summed E-state index contributed by atoms with van der Waals surface area (Å²) in [6.45, 7) is 8.98. The van der Waals surface area contributed by atoms with E-state index in [-0.39, 0.29) is 0 Å².